The van der Waals surface area contributed by atoms with Gasteiger partial charge < -0.3 is 5.32 Å². The van der Waals surface area contributed by atoms with Crippen LogP contribution >= 0.6 is 11.6 Å². The molecule has 1 atom stereocenters. The van der Waals surface area contributed by atoms with Crippen molar-refractivity contribution in [2.45, 2.75) is 31.1 Å². The van der Waals surface area contributed by atoms with Crippen molar-refractivity contribution in [1.29, 1.82) is 0 Å². The molecule has 0 bridgehead atoms. The normalized spacial score (nSPS) is 16.3. The number of benzene rings is 2. The molecule has 0 fully saturated rings. The zero-order valence-electron chi connectivity index (χ0n) is 14.9. The van der Waals surface area contributed by atoms with Crippen LogP contribution < -0.4 is 10.0 Å². The Morgan fingerprint density at radius 2 is 2.00 bits per heavy atom. The second-order valence-corrected chi connectivity index (χ2v) is 8.64. The van der Waals surface area contributed by atoms with Gasteiger partial charge in [0.1, 0.15) is 0 Å². The summed E-state index contributed by atoms with van der Waals surface area (Å²) in [5.41, 5.74) is 1.33. The number of rotatable bonds is 6. The van der Waals surface area contributed by atoms with Gasteiger partial charge in [-0.15, -0.1) is 0 Å². The first-order valence-electron chi connectivity index (χ1n) is 8.70. The molecule has 3 rings (SSSR count). The second kappa shape index (κ2) is 8.15. The van der Waals surface area contributed by atoms with E-state index in [9.17, 15) is 13.2 Å². The molecule has 1 amide bonds. The third-order valence-electron chi connectivity index (χ3n) is 4.44. The minimum atomic E-state index is -3.84. The van der Waals surface area contributed by atoms with Gasteiger partial charge in [0.05, 0.1) is 15.6 Å². The molecule has 7 heteroatoms. The minimum Gasteiger partial charge on any atom is -0.326 e. The maximum atomic E-state index is 12.8. The van der Waals surface area contributed by atoms with E-state index < -0.39 is 10.0 Å². The standard InChI is InChI=1S/C20H21ClN2O3S/c1-14-10-11-16(22-20(24)12-15-6-2-3-7-15)13-19(14)27(25,26)23-18-9-5-4-8-17(18)21/h2,4-6,8-11,13,15,23H,3,7,12H2,1H3,(H,22,24). The van der Waals surface area contributed by atoms with Crippen LogP contribution in [0.5, 0.6) is 0 Å². The largest absolute Gasteiger partial charge is 0.326 e. The maximum absolute atomic E-state index is 12.8. The first kappa shape index (κ1) is 19.5. The highest BCUT2D eigenvalue weighted by molar-refractivity contribution is 7.92. The predicted molar refractivity (Wildman–Crippen MR) is 109 cm³/mol. The smallest absolute Gasteiger partial charge is 0.262 e. The van der Waals surface area contributed by atoms with Crippen molar-refractivity contribution in [3.8, 4) is 0 Å². The van der Waals surface area contributed by atoms with Gasteiger partial charge in [-0.2, -0.15) is 0 Å². The van der Waals surface area contributed by atoms with Crippen molar-refractivity contribution in [3.05, 3.63) is 65.2 Å². The Hall–Kier alpha value is -2.31. The molecular formula is C20H21ClN2O3S. The molecule has 1 aliphatic rings. The first-order valence-corrected chi connectivity index (χ1v) is 10.6. The predicted octanol–water partition coefficient (Wildman–Crippen LogP) is 4.74. The lowest BCUT2D eigenvalue weighted by atomic mass is 10.1. The average Bonchev–Trinajstić information content (AvgIpc) is 3.11. The third-order valence-corrected chi connectivity index (χ3v) is 6.28. The van der Waals surface area contributed by atoms with Gasteiger partial charge in [-0.1, -0.05) is 42.0 Å². The zero-order chi connectivity index (χ0) is 19.4. The monoisotopic (exact) mass is 404 g/mol. The molecule has 0 aromatic heterocycles. The van der Waals surface area contributed by atoms with E-state index >= 15 is 0 Å². The molecule has 0 heterocycles. The summed E-state index contributed by atoms with van der Waals surface area (Å²) in [5, 5.41) is 3.11. The SMILES string of the molecule is Cc1ccc(NC(=O)CC2C=CCC2)cc1S(=O)(=O)Nc1ccccc1Cl. The number of halogens is 1. The summed E-state index contributed by atoms with van der Waals surface area (Å²) in [4.78, 5) is 12.3. The molecule has 1 aliphatic carbocycles. The summed E-state index contributed by atoms with van der Waals surface area (Å²) in [6.45, 7) is 1.70. The van der Waals surface area contributed by atoms with Crippen LogP contribution in [0.4, 0.5) is 11.4 Å². The number of anilines is 2. The molecule has 0 aliphatic heterocycles. The van der Waals surface area contributed by atoms with E-state index in [1.807, 2.05) is 0 Å². The summed E-state index contributed by atoms with van der Waals surface area (Å²) in [6.07, 6.45) is 6.50. The van der Waals surface area contributed by atoms with Gasteiger partial charge in [-0.3, -0.25) is 9.52 Å². The fourth-order valence-electron chi connectivity index (χ4n) is 3.03. The number of carbonyl (C=O) groups is 1. The molecule has 1 unspecified atom stereocenters. The number of hydrogen-bond donors (Lipinski definition) is 2. The van der Waals surface area contributed by atoms with Crippen LogP contribution in [0, 0.1) is 12.8 Å². The lowest BCUT2D eigenvalue weighted by molar-refractivity contribution is -0.116. The maximum Gasteiger partial charge on any atom is 0.262 e. The molecular weight excluding hydrogens is 384 g/mol. The molecule has 27 heavy (non-hydrogen) atoms. The molecule has 2 aromatic carbocycles. The van der Waals surface area contributed by atoms with Crippen molar-refractivity contribution >= 4 is 38.9 Å². The van der Waals surface area contributed by atoms with E-state index in [2.05, 4.69) is 22.2 Å². The van der Waals surface area contributed by atoms with Gasteiger partial charge in [0.2, 0.25) is 5.91 Å². The molecule has 0 radical (unpaired) electrons. The molecule has 0 saturated heterocycles. The van der Waals surface area contributed by atoms with Crippen molar-refractivity contribution in [3.63, 3.8) is 0 Å². The number of hydrogen-bond acceptors (Lipinski definition) is 3. The fourth-order valence-corrected chi connectivity index (χ4v) is 4.62. The van der Waals surface area contributed by atoms with Crippen molar-refractivity contribution in [1.82, 2.24) is 0 Å². The number of sulfonamides is 1. The lowest BCUT2D eigenvalue weighted by Crippen LogP contribution is -2.17. The summed E-state index contributed by atoms with van der Waals surface area (Å²) < 4.78 is 28.1. The number of carbonyl (C=O) groups excluding carboxylic acids is 1. The van der Waals surface area contributed by atoms with Crippen LogP contribution in [0.15, 0.2) is 59.5 Å². The van der Waals surface area contributed by atoms with E-state index in [1.54, 1.807) is 43.3 Å². The van der Waals surface area contributed by atoms with Crippen LogP contribution in [-0.2, 0) is 14.8 Å². The first-order chi connectivity index (χ1) is 12.8. The quantitative estimate of drug-likeness (QED) is 0.682. The van der Waals surface area contributed by atoms with E-state index in [0.29, 0.717) is 28.4 Å². The van der Waals surface area contributed by atoms with Gasteiger partial charge in [0.15, 0.2) is 0 Å². The number of amides is 1. The molecule has 0 saturated carbocycles. The Bertz CT molecular complexity index is 986. The Balaban J connectivity index is 1.79. The second-order valence-electron chi connectivity index (χ2n) is 6.58. The fraction of sp³-hybridized carbons (Fsp3) is 0.250. The van der Waals surface area contributed by atoms with Crippen molar-refractivity contribution in [2.24, 2.45) is 5.92 Å². The highest BCUT2D eigenvalue weighted by Crippen LogP contribution is 2.27. The Labute approximate surface area is 164 Å². The Morgan fingerprint density at radius 1 is 1.22 bits per heavy atom. The Kier molecular flexibility index (Phi) is 5.87. The molecule has 0 spiro atoms. The third kappa shape index (κ3) is 4.90. The van der Waals surface area contributed by atoms with Crippen molar-refractivity contribution < 1.29 is 13.2 Å². The van der Waals surface area contributed by atoms with E-state index in [1.165, 1.54) is 6.07 Å². The summed E-state index contributed by atoms with van der Waals surface area (Å²) in [6, 6.07) is 11.5. The summed E-state index contributed by atoms with van der Waals surface area (Å²) in [7, 11) is -3.84. The molecule has 142 valence electrons. The van der Waals surface area contributed by atoms with Gasteiger partial charge in [-0.05, 0) is 55.5 Å². The number of aryl methyl sites for hydroxylation is 1. The summed E-state index contributed by atoms with van der Waals surface area (Å²) in [5.74, 6) is 0.123. The molecule has 2 aromatic rings. The number of allylic oxidation sites excluding steroid dienone is 2. The Morgan fingerprint density at radius 3 is 2.70 bits per heavy atom. The minimum absolute atomic E-state index is 0.0981. The molecule has 5 nitrogen and oxygen atoms in total. The highest BCUT2D eigenvalue weighted by atomic mass is 35.5. The van der Waals surface area contributed by atoms with Crippen LogP contribution in [0.25, 0.3) is 0 Å². The lowest BCUT2D eigenvalue weighted by Gasteiger charge is -2.14. The van der Waals surface area contributed by atoms with Gasteiger partial charge >= 0.3 is 0 Å². The van der Waals surface area contributed by atoms with Gasteiger partial charge in [0, 0.05) is 12.1 Å². The van der Waals surface area contributed by atoms with Gasteiger partial charge in [-0.25, -0.2) is 8.42 Å². The highest BCUT2D eigenvalue weighted by Gasteiger charge is 2.20. The van der Waals surface area contributed by atoms with Gasteiger partial charge in [0.25, 0.3) is 10.0 Å². The average molecular weight is 405 g/mol. The zero-order valence-corrected chi connectivity index (χ0v) is 16.5. The summed E-state index contributed by atoms with van der Waals surface area (Å²) >= 11 is 6.05. The number of para-hydroxylation sites is 1. The van der Waals surface area contributed by atoms with Crippen molar-refractivity contribution in [2.75, 3.05) is 10.0 Å². The number of nitrogens with one attached hydrogen (secondary N) is 2. The van der Waals surface area contributed by atoms with E-state index in [0.717, 1.165) is 12.8 Å². The van der Waals surface area contributed by atoms with E-state index in [-0.39, 0.29) is 16.7 Å². The topological polar surface area (TPSA) is 75.3 Å². The van der Waals surface area contributed by atoms with Crippen LogP contribution in [0.1, 0.15) is 24.8 Å². The molecule has 2 N–H and O–H groups in total. The van der Waals surface area contributed by atoms with E-state index in [4.69, 9.17) is 11.6 Å². The van der Waals surface area contributed by atoms with Crippen LogP contribution in [-0.4, -0.2) is 14.3 Å². The van der Waals surface area contributed by atoms with Crippen LogP contribution in [0.2, 0.25) is 5.02 Å². The van der Waals surface area contributed by atoms with Crippen LogP contribution in [0.3, 0.4) is 0 Å².